The first-order chi connectivity index (χ1) is 7.65. The van der Waals surface area contributed by atoms with Gasteiger partial charge in [0.05, 0.1) is 4.92 Å². The number of nitro benzene ring substituents is 1. The fraction of sp³-hybridized carbons (Fsp3) is 0.333. The number of rotatable bonds is 6. The van der Waals surface area contributed by atoms with Crippen LogP contribution in [0.4, 0.5) is 5.69 Å². The molecular formula is C12H16N2O2. The van der Waals surface area contributed by atoms with Gasteiger partial charge in [-0.25, -0.2) is 0 Å². The zero-order chi connectivity index (χ0) is 12.0. The topological polar surface area (TPSA) is 55.2 Å². The van der Waals surface area contributed by atoms with Crippen molar-refractivity contribution in [1.29, 1.82) is 0 Å². The van der Waals surface area contributed by atoms with Crippen LogP contribution in [0, 0.1) is 17.0 Å². The lowest BCUT2D eigenvalue weighted by atomic mass is 10.1. The molecule has 4 heteroatoms. The lowest BCUT2D eigenvalue weighted by molar-refractivity contribution is -0.385. The summed E-state index contributed by atoms with van der Waals surface area (Å²) in [7, 11) is 0. The lowest BCUT2D eigenvalue weighted by Crippen LogP contribution is -2.14. The Morgan fingerprint density at radius 2 is 2.31 bits per heavy atom. The average Bonchev–Trinajstić information content (AvgIpc) is 2.26. The van der Waals surface area contributed by atoms with Crippen LogP contribution >= 0.6 is 0 Å². The maximum atomic E-state index is 10.7. The van der Waals surface area contributed by atoms with Crippen LogP contribution in [0.5, 0.6) is 0 Å². The Morgan fingerprint density at radius 1 is 1.56 bits per heavy atom. The van der Waals surface area contributed by atoms with Crippen LogP contribution in [0.3, 0.4) is 0 Å². The molecule has 0 spiro atoms. The van der Waals surface area contributed by atoms with E-state index in [-0.39, 0.29) is 10.6 Å². The number of benzene rings is 1. The normalized spacial score (nSPS) is 10.1. The predicted molar refractivity (Wildman–Crippen MR) is 64.4 cm³/mol. The molecule has 0 saturated heterocycles. The molecule has 0 aromatic heterocycles. The monoisotopic (exact) mass is 220 g/mol. The van der Waals surface area contributed by atoms with Crippen LogP contribution in [-0.4, -0.2) is 11.5 Å². The highest BCUT2D eigenvalue weighted by molar-refractivity contribution is 5.42. The first-order valence-corrected chi connectivity index (χ1v) is 5.20. The Bertz CT molecular complexity index is 389. The van der Waals surface area contributed by atoms with E-state index in [1.165, 1.54) is 0 Å². The summed E-state index contributed by atoms with van der Waals surface area (Å²) in [6.45, 7) is 6.85. The van der Waals surface area contributed by atoms with Gasteiger partial charge in [-0.15, -0.1) is 6.58 Å². The van der Waals surface area contributed by atoms with E-state index in [9.17, 15) is 10.1 Å². The molecule has 1 N–H and O–H groups in total. The molecule has 0 heterocycles. The quantitative estimate of drug-likeness (QED) is 0.347. The van der Waals surface area contributed by atoms with E-state index < -0.39 is 0 Å². The molecule has 0 aliphatic heterocycles. The van der Waals surface area contributed by atoms with E-state index in [2.05, 4.69) is 11.9 Å². The van der Waals surface area contributed by atoms with E-state index in [1.54, 1.807) is 19.1 Å². The number of nitrogens with one attached hydrogen (secondary N) is 1. The van der Waals surface area contributed by atoms with Crippen molar-refractivity contribution in [3.63, 3.8) is 0 Å². The minimum Gasteiger partial charge on any atom is -0.312 e. The third kappa shape index (κ3) is 3.47. The van der Waals surface area contributed by atoms with Gasteiger partial charge >= 0.3 is 0 Å². The fourth-order valence-electron chi connectivity index (χ4n) is 1.40. The van der Waals surface area contributed by atoms with Gasteiger partial charge in [-0.3, -0.25) is 10.1 Å². The van der Waals surface area contributed by atoms with Gasteiger partial charge < -0.3 is 5.32 Å². The predicted octanol–water partition coefficient (Wildman–Crippen LogP) is 2.57. The molecule has 0 fully saturated rings. The van der Waals surface area contributed by atoms with Gasteiger partial charge in [0.15, 0.2) is 0 Å². The van der Waals surface area contributed by atoms with Crippen molar-refractivity contribution >= 4 is 5.69 Å². The highest BCUT2D eigenvalue weighted by atomic mass is 16.6. The number of aryl methyl sites for hydroxylation is 1. The van der Waals surface area contributed by atoms with Gasteiger partial charge in [0.1, 0.15) is 0 Å². The number of hydrogen-bond donors (Lipinski definition) is 1. The molecule has 16 heavy (non-hydrogen) atoms. The van der Waals surface area contributed by atoms with Crippen molar-refractivity contribution in [3.8, 4) is 0 Å². The van der Waals surface area contributed by atoms with E-state index in [1.807, 2.05) is 12.1 Å². The molecule has 0 radical (unpaired) electrons. The van der Waals surface area contributed by atoms with Gasteiger partial charge in [0.2, 0.25) is 0 Å². The third-order valence-corrected chi connectivity index (χ3v) is 2.32. The Balaban J connectivity index is 2.64. The number of nitro groups is 1. The van der Waals surface area contributed by atoms with Crippen molar-refractivity contribution in [1.82, 2.24) is 5.32 Å². The van der Waals surface area contributed by atoms with Crippen molar-refractivity contribution < 1.29 is 4.92 Å². The van der Waals surface area contributed by atoms with E-state index in [0.29, 0.717) is 12.1 Å². The molecule has 1 rings (SSSR count). The van der Waals surface area contributed by atoms with Gasteiger partial charge in [0.25, 0.3) is 5.69 Å². The Hall–Kier alpha value is -1.68. The van der Waals surface area contributed by atoms with Crippen molar-refractivity contribution in [2.24, 2.45) is 0 Å². The summed E-state index contributed by atoms with van der Waals surface area (Å²) in [6, 6.07) is 5.31. The van der Waals surface area contributed by atoms with Crippen molar-refractivity contribution in [2.45, 2.75) is 19.9 Å². The molecule has 0 atom stereocenters. The summed E-state index contributed by atoms with van der Waals surface area (Å²) in [5.41, 5.74) is 1.81. The van der Waals surface area contributed by atoms with Gasteiger partial charge in [-0.1, -0.05) is 18.2 Å². The average molecular weight is 220 g/mol. The Labute approximate surface area is 95.1 Å². The van der Waals surface area contributed by atoms with Crippen LogP contribution in [0.15, 0.2) is 30.9 Å². The van der Waals surface area contributed by atoms with Gasteiger partial charge in [-0.05, 0) is 25.5 Å². The lowest BCUT2D eigenvalue weighted by Gasteiger charge is -2.04. The molecule has 0 aliphatic rings. The molecule has 0 aliphatic carbocycles. The zero-order valence-electron chi connectivity index (χ0n) is 9.40. The Morgan fingerprint density at radius 3 is 2.94 bits per heavy atom. The van der Waals surface area contributed by atoms with E-state index in [4.69, 9.17) is 0 Å². The van der Waals surface area contributed by atoms with Crippen LogP contribution in [0.1, 0.15) is 17.5 Å². The smallest absolute Gasteiger partial charge is 0.272 e. The molecule has 1 aromatic carbocycles. The van der Waals surface area contributed by atoms with Crippen molar-refractivity contribution in [2.75, 3.05) is 6.54 Å². The van der Waals surface area contributed by atoms with E-state index >= 15 is 0 Å². The fourth-order valence-corrected chi connectivity index (χ4v) is 1.40. The number of nitrogens with zero attached hydrogens (tertiary/aromatic N) is 1. The van der Waals surface area contributed by atoms with Gasteiger partial charge in [0, 0.05) is 18.2 Å². The summed E-state index contributed by atoms with van der Waals surface area (Å²) in [4.78, 5) is 10.4. The third-order valence-electron chi connectivity index (χ3n) is 2.32. The molecule has 86 valence electrons. The minimum atomic E-state index is -0.345. The van der Waals surface area contributed by atoms with Crippen molar-refractivity contribution in [3.05, 3.63) is 52.1 Å². The summed E-state index contributed by atoms with van der Waals surface area (Å²) in [5, 5.41) is 13.9. The molecule has 1 aromatic rings. The minimum absolute atomic E-state index is 0.183. The molecule has 0 unspecified atom stereocenters. The molecule has 0 bridgehead atoms. The molecule has 4 nitrogen and oxygen atoms in total. The standard InChI is InChI=1S/C12H16N2O2/c1-3-4-7-13-9-11-6-5-10(2)12(8-11)14(15)16/h3,5-6,8,13H,1,4,7,9H2,2H3. The van der Waals surface area contributed by atoms with Crippen LogP contribution in [-0.2, 0) is 6.54 Å². The highest BCUT2D eigenvalue weighted by Crippen LogP contribution is 2.18. The van der Waals surface area contributed by atoms with Crippen LogP contribution in [0.25, 0.3) is 0 Å². The van der Waals surface area contributed by atoms with Crippen LogP contribution in [0.2, 0.25) is 0 Å². The molecular weight excluding hydrogens is 204 g/mol. The SMILES string of the molecule is C=CCCNCc1ccc(C)c([N+](=O)[O-])c1. The summed E-state index contributed by atoms with van der Waals surface area (Å²) >= 11 is 0. The first-order valence-electron chi connectivity index (χ1n) is 5.20. The Kier molecular flexibility index (Phi) is 4.66. The van der Waals surface area contributed by atoms with Crippen LogP contribution < -0.4 is 5.32 Å². The second-order valence-electron chi connectivity index (χ2n) is 3.63. The summed E-state index contributed by atoms with van der Waals surface area (Å²) in [5.74, 6) is 0. The maximum absolute atomic E-state index is 10.7. The second kappa shape index (κ2) is 6.02. The number of hydrogen-bond acceptors (Lipinski definition) is 3. The summed E-state index contributed by atoms with van der Waals surface area (Å²) in [6.07, 6.45) is 2.73. The molecule has 0 amide bonds. The second-order valence-corrected chi connectivity index (χ2v) is 3.63. The summed E-state index contributed by atoms with van der Waals surface area (Å²) < 4.78 is 0. The largest absolute Gasteiger partial charge is 0.312 e. The first kappa shape index (κ1) is 12.4. The maximum Gasteiger partial charge on any atom is 0.272 e. The van der Waals surface area contributed by atoms with E-state index in [0.717, 1.165) is 18.5 Å². The molecule has 0 saturated carbocycles. The highest BCUT2D eigenvalue weighted by Gasteiger charge is 2.10. The zero-order valence-corrected chi connectivity index (χ0v) is 9.40. The van der Waals surface area contributed by atoms with Gasteiger partial charge in [-0.2, -0.15) is 0 Å².